The van der Waals surface area contributed by atoms with Gasteiger partial charge in [0.2, 0.25) is 0 Å². The fourth-order valence-electron chi connectivity index (χ4n) is 2.88. The molecule has 0 aliphatic carbocycles. The Hall–Kier alpha value is -3.49. The van der Waals surface area contributed by atoms with Gasteiger partial charge < -0.3 is 0 Å². The fourth-order valence-corrected chi connectivity index (χ4v) is 4.70. The highest BCUT2D eigenvalue weighted by Crippen LogP contribution is 2.25. The molecular formula is C23H19N3O3S2. The minimum Gasteiger partial charge on any atom is -0.298 e. The van der Waals surface area contributed by atoms with Gasteiger partial charge in [-0.15, -0.1) is 11.3 Å². The third-order valence-corrected chi connectivity index (χ3v) is 6.64. The maximum atomic E-state index is 12.7. The lowest BCUT2D eigenvalue weighted by Crippen LogP contribution is -2.16. The van der Waals surface area contributed by atoms with Crippen molar-refractivity contribution in [2.45, 2.75) is 11.8 Å². The third kappa shape index (κ3) is 4.99. The second-order valence-electron chi connectivity index (χ2n) is 6.86. The van der Waals surface area contributed by atoms with Gasteiger partial charge in [0, 0.05) is 22.2 Å². The molecular weight excluding hydrogens is 430 g/mol. The molecule has 0 fully saturated rings. The summed E-state index contributed by atoms with van der Waals surface area (Å²) in [6, 6.07) is 22.6. The van der Waals surface area contributed by atoms with E-state index in [2.05, 4.69) is 15.0 Å². The molecule has 1 heterocycles. The molecule has 3 aromatic carbocycles. The summed E-state index contributed by atoms with van der Waals surface area (Å²) in [6.07, 6.45) is 0. The first-order chi connectivity index (χ1) is 14.9. The van der Waals surface area contributed by atoms with Crippen LogP contribution in [0.15, 0.2) is 89.1 Å². The monoisotopic (exact) mass is 449 g/mol. The number of carbonyl (C=O) groups is 1. The van der Waals surface area contributed by atoms with Crippen molar-refractivity contribution in [3.63, 3.8) is 0 Å². The Balaban J connectivity index is 1.50. The number of amides is 1. The molecule has 0 bridgehead atoms. The number of carbonyl (C=O) groups excluding carboxylic acids is 1. The first kappa shape index (κ1) is 20.8. The van der Waals surface area contributed by atoms with E-state index in [9.17, 15) is 13.2 Å². The summed E-state index contributed by atoms with van der Waals surface area (Å²) in [5.74, 6) is -0.429. The van der Waals surface area contributed by atoms with Gasteiger partial charge in [0.1, 0.15) is 0 Å². The van der Waals surface area contributed by atoms with Gasteiger partial charge in [0.15, 0.2) is 5.13 Å². The zero-order chi connectivity index (χ0) is 21.8. The van der Waals surface area contributed by atoms with Gasteiger partial charge in [0.25, 0.3) is 15.9 Å². The fraction of sp³-hybridized carbons (Fsp3) is 0.0435. The van der Waals surface area contributed by atoms with Gasteiger partial charge in [-0.3, -0.25) is 14.8 Å². The highest BCUT2D eigenvalue weighted by molar-refractivity contribution is 7.92. The molecule has 4 rings (SSSR count). The Morgan fingerprint density at radius 1 is 0.935 bits per heavy atom. The van der Waals surface area contributed by atoms with Gasteiger partial charge in [-0.2, -0.15) is 0 Å². The van der Waals surface area contributed by atoms with Crippen LogP contribution in [0, 0.1) is 6.92 Å². The van der Waals surface area contributed by atoms with Crippen LogP contribution < -0.4 is 10.0 Å². The summed E-state index contributed by atoms with van der Waals surface area (Å²) in [5, 5.41) is 5.03. The van der Waals surface area contributed by atoms with Crippen LogP contribution in [-0.2, 0) is 10.0 Å². The number of nitrogens with one attached hydrogen (secondary N) is 2. The molecule has 1 amide bonds. The minimum atomic E-state index is -3.83. The second-order valence-corrected chi connectivity index (χ2v) is 9.40. The smallest absolute Gasteiger partial charge is 0.261 e. The predicted octanol–water partition coefficient (Wildman–Crippen LogP) is 5.17. The summed E-state index contributed by atoms with van der Waals surface area (Å²) in [6.45, 7) is 1.92. The zero-order valence-electron chi connectivity index (χ0n) is 16.6. The van der Waals surface area contributed by atoms with E-state index in [4.69, 9.17) is 0 Å². The number of hydrogen-bond donors (Lipinski definition) is 2. The van der Waals surface area contributed by atoms with Crippen LogP contribution in [0.5, 0.6) is 0 Å². The topological polar surface area (TPSA) is 88.2 Å². The lowest BCUT2D eigenvalue weighted by atomic mass is 10.2. The maximum absolute atomic E-state index is 12.7. The Labute approximate surface area is 184 Å². The molecule has 1 aromatic heterocycles. The summed E-state index contributed by atoms with van der Waals surface area (Å²) < 4.78 is 28.0. The number of benzene rings is 3. The van der Waals surface area contributed by atoms with Crippen LogP contribution in [0.3, 0.4) is 0 Å². The molecule has 156 valence electrons. The third-order valence-electron chi connectivity index (χ3n) is 4.50. The van der Waals surface area contributed by atoms with Crippen molar-refractivity contribution in [1.29, 1.82) is 0 Å². The van der Waals surface area contributed by atoms with E-state index in [0.717, 1.165) is 16.8 Å². The Morgan fingerprint density at radius 2 is 1.68 bits per heavy atom. The Morgan fingerprint density at radius 3 is 2.42 bits per heavy atom. The number of anilines is 2. The summed E-state index contributed by atoms with van der Waals surface area (Å²) in [4.78, 5) is 17.1. The van der Waals surface area contributed by atoms with Crippen LogP contribution in [0.25, 0.3) is 11.3 Å². The van der Waals surface area contributed by atoms with Crippen LogP contribution in [0.2, 0.25) is 0 Å². The largest absolute Gasteiger partial charge is 0.298 e. The highest BCUT2D eigenvalue weighted by Gasteiger charge is 2.17. The molecule has 0 radical (unpaired) electrons. The normalized spacial score (nSPS) is 11.1. The molecule has 6 nitrogen and oxygen atoms in total. The van der Waals surface area contributed by atoms with Crippen LogP contribution >= 0.6 is 11.3 Å². The van der Waals surface area contributed by atoms with Crippen LogP contribution in [-0.4, -0.2) is 19.3 Å². The molecule has 0 aliphatic heterocycles. The highest BCUT2D eigenvalue weighted by atomic mass is 32.2. The molecule has 0 aliphatic rings. The zero-order valence-corrected chi connectivity index (χ0v) is 18.2. The molecule has 0 unspecified atom stereocenters. The number of aromatic nitrogens is 1. The maximum Gasteiger partial charge on any atom is 0.261 e. The van der Waals surface area contributed by atoms with Gasteiger partial charge in [0.05, 0.1) is 10.6 Å². The molecule has 0 saturated carbocycles. The molecule has 0 atom stereocenters. The second kappa shape index (κ2) is 8.71. The first-order valence-corrected chi connectivity index (χ1v) is 11.8. The van der Waals surface area contributed by atoms with Crippen molar-refractivity contribution < 1.29 is 13.2 Å². The molecule has 8 heteroatoms. The van der Waals surface area contributed by atoms with E-state index in [1.165, 1.54) is 29.5 Å². The quantitative estimate of drug-likeness (QED) is 0.425. The number of nitrogens with zero attached hydrogens (tertiary/aromatic N) is 1. The molecule has 0 saturated heterocycles. The van der Waals surface area contributed by atoms with Crippen molar-refractivity contribution >= 4 is 38.1 Å². The van der Waals surface area contributed by atoms with E-state index in [1.807, 2.05) is 54.8 Å². The SMILES string of the molecule is Cc1ccc(NS(=O)(=O)c2cccc(C(=O)Nc3nc(-c4ccccc4)cs3)c2)cc1. The van der Waals surface area contributed by atoms with E-state index >= 15 is 0 Å². The average Bonchev–Trinajstić information content (AvgIpc) is 3.24. The molecule has 4 aromatic rings. The summed E-state index contributed by atoms with van der Waals surface area (Å²) in [5.41, 5.74) is 3.42. The van der Waals surface area contributed by atoms with Crippen molar-refractivity contribution in [1.82, 2.24) is 4.98 Å². The van der Waals surface area contributed by atoms with E-state index in [0.29, 0.717) is 10.8 Å². The van der Waals surface area contributed by atoms with Gasteiger partial charge in [-0.25, -0.2) is 13.4 Å². The average molecular weight is 450 g/mol. The molecule has 31 heavy (non-hydrogen) atoms. The summed E-state index contributed by atoms with van der Waals surface area (Å²) >= 11 is 1.31. The number of thiazole rings is 1. The number of rotatable bonds is 6. The Kier molecular flexibility index (Phi) is 5.83. The van der Waals surface area contributed by atoms with Crippen molar-refractivity contribution in [3.8, 4) is 11.3 Å². The molecule has 0 spiro atoms. The number of hydrogen-bond acceptors (Lipinski definition) is 5. The van der Waals surface area contributed by atoms with E-state index in [1.54, 1.807) is 18.2 Å². The lowest BCUT2D eigenvalue weighted by molar-refractivity contribution is 0.102. The Bertz CT molecular complexity index is 1320. The predicted molar refractivity (Wildman–Crippen MR) is 124 cm³/mol. The van der Waals surface area contributed by atoms with Crippen molar-refractivity contribution in [2.24, 2.45) is 0 Å². The lowest BCUT2D eigenvalue weighted by Gasteiger charge is -2.09. The van der Waals surface area contributed by atoms with Crippen LogP contribution in [0.4, 0.5) is 10.8 Å². The van der Waals surface area contributed by atoms with Gasteiger partial charge in [-0.05, 0) is 37.3 Å². The molecule has 2 N–H and O–H groups in total. The van der Waals surface area contributed by atoms with E-state index in [-0.39, 0.29) is 10.5 Å². The number of sulfonamides is 1. The van der Waals surface area contributed by atoms with Gasteiger partial charge in [-0.1, -0.05) is 54.1 Å². The van der Waals surface area contributed by atoms with Crippen molar-refractivity contribution in [3.05, 3.63) is 95.4 Å². The number of aryl methyl sites for hydroxylation is 1. The minimum absolute atomic E-state index is 0.00448. The van der Waals surface area contributed by atoms with Crippen LogP contribution in [0.1, 0.15) is 15.9 Å². The van der Waals surface area contributed by atoms with Gasteiger partial charge >= 0.3 is 0 Å². The first-order valence-electron chi connectivity index (χ1n) is 9.42. The van der Waals surface area contributed by atoms with Crippen molar-refractivity contribution in [2.75, 3.05) is 10.0 Å². The summed E-state index contributed by atoms with van der Waals surface area (Å²) in [7, 11) is -3.83. The van der Waals surface area contributed by atoms with E-state index < -0.39 is 15.9 Å². The standard InChI is InChI=1S/C23H19N3O3S2/c1-16-10-12-19(13-11-16)26-31(28,29)20-9-5-8-18(14-20)22(27)25-23-24-21(15-30-23)17-6-3-2-4-7-17/h2-15,26H,1H3,(H,24,25,27).